The molecule has 0 saturated carbocycles. The lowest BCUT2D eigenvalue weighted by atomic mass is 10.1. The van der Waals surface area contributed by atoms with Gasteiger partial charge >= 0.3 is 0 Å². The molecule has 0 bridgehead atoms. The second-order valence-corrected chi connectivity index (χ2v) is 4.66. The van der Waals surface area contributed by atoms with Gasteiger partial charge in [-0.05, 0) is 25.1 Å². The normalized spacial score (nSPS) is 10.3. The summed E-state index contributed by atoms with van der Waals surface area (Å²) in [6, 6.07) is 4.39. The standard InChI is InChI=1S/C13H11BrFN3/c1-3-6-18-8(2)17-12(13(18)16)10-7-9(15)4-5-11(10)14/h1,4-5,7H,6,16H2,2H3. The number of benzene rings is 1. The lowest BCUT2D eigenvalue weighted by Crippen LogP contribution is -2.03. The molecule has 5 heteroatoms. The fraction of sp³-hybridized carbons (Fsp3) is 0.154. The van der Waals surface area contributed by atoms with Gasteiger partial charge in [-0.15, -0.1) is 6.42 Å². The van der Waals surface area contributed by atoms with Crippen molar-refractivity contribution in [2.24, 2.45) is 0 Å². The van der Waals surface area contributed by atoms with Crippen LogP contribution in [0.2, 0.25) is 0 Å². The fourth-order valence-electron chi connectivity index (χ4n) is 1.75. The zero-order valence-corrected chi connectivity index (χ0v) is 11.3. The maximum Gasteiger partial charge on any atom is 0.132 e. The molecule has 0 unspecified atom stereocenters. The highest BCUT2D eigenvalue weighted by molar-refractivity contribution is 9.10. The highest BCUT2D eigenvalue weighted by Gasteiger charge is 2.15. The van der Waals surface area contributed by atoms with Crippen LogP contribution in [0.3, 0.4) is 0 Å². The molecule has 1 aromatic heterocycles. The van der Waals surface area contributed by atoms with Crippen LogP contribution in [-0.4, -0.2) is 9.55 Å². The van der Waals surface area contributed by atoms with Crippen LogP contribution in [0.4, 0.5) is 10.2 Å². The summed E-state index contributed by atoms with van der Waals surface area (Å²) in [5.41, 5.74) is 7.16. The molecule has 2 aromatic rings. The van der Waals surface area contributed by atoms with Crippen molar-refractivity contribution < 1.29 is 4.39 Å². The minimum absolute atomic E-state index is 0.336. The lowest BCUT2D eigenvalue weighted by Gasteiger charge is -2.04. The third kappa shape index (κ3) is 2.12. The summed E-state index contributed by atoms with van der Waals surface area (Å²) in [7, 11) is 0. The molecular weight excluding hydrogens is 297 g/mol. The number of hydrogen-bond donors (Lipinski definition) is 1. The minimum atomic E-state index is -0.336. The molecule has 0 saturated heterocycles. The maximum atomic E-state index is 13.3. The Morgan fingerprint density at radius 2 is 2.28 bits per heavy atom. The van der Waals surface area contributed by atoms with E-state index in [0.717, 1.165) is 4.47 Å². The molecule has 3 nitrogen and oxygen atoms in total. The van der Waals surface area contributed by atoms with Gasteiger partial charge in [0, 0.05) is 10.0 Å². The van der Waals surface area contributed by atoms with Crippen LogP contribution in [0.15, 0.2) is 22.7 Å². The molecule has 0 atom stereocenters. The Labute approximate surface area is 113 Å². The molecule has 0 aliphatic heterocycles. The van der Waals surface area contributed by atoms with Crippen LogP contribution in [-0.2, 0) is 6.54 Å². The van der Waals surface area contributed by atoms with Gasteiger partial charge in [0.2, 0.25) is 0 Å². The summed E-state index contributed by atoms with van der Waals surface area (Å²) < 4.78 is 15.7. The topological polar surface area (TPSA) is 43.8 Å². The first-order valence-electron chi connectivity index (χ1n) is 5.26. The Kier molecular flexibility index (Phi) is 3.39. The Morgan fingerprint density at radius 1 is 1.56 bits per heavy atom. The molecule has 0 aliphatic carbocycles. The largest absolute Gasteiger partial charge is 0.383 e. The van der Waals surface area contributed by atoms with E-state index in [-0.39, 0.29) is 5.82 Å². The van der Waals surface area contributed by atoms with E-state index in [9.17, 15) is 4.39 Å². The Hall–Kier alpha value is -1.80. The number of hydrogen-bond acceptors (Lipinski definition) is 2. The third-order valence-electron chi connectivity index (χ3n) is 2.63. The summed E-state index contributed by atoms with van der Waals surface area (Å²) in [5, 5.41) is 0. The van der Waals surface area contributed by atoms with Gasteiger partial charge < -0.3 is 10.3 Å². The summed E-state index contributed by atoms with van der Waals surface area (Å²) in [6.45, 7) is 2.15. The molecular formula is C13H11BrFN3. The van der Waals surface area contributed by atoms with E-state index in [4.69, 9.17) is 12.2 Å². The minimum Gasteiger partial charge on any atom is -0.383 e. The van der Waals surface area contributed by atoms with Crippen molar-refractivity contribution in [1.82, 2.24) is 9.55 Å². The first kappa shape index (κ1) is 12.7. The van der Waals surface area contributed by atoms with E-state index in [0.29, 0.717) is 29.4 Å². The lowest BCUT2D eigenvalue weighted by molar-refractivity contribution is 0.628. The SMILES string of the molecule is C#CCn1c(C)nc(-c2cc(F)ccc2Br)c1N. The average molecular weight is 308 g/mol. The molecule has 2 N–H and O–H groups in total. The molecule has 18 heavy (non-hydrogen) atoms. The predicted octanol–water partition coefficient (Wildman–Crippen LogP) is 2.98. The fourth-order valence-corrected chi connectivity index (χ4v) is 2.18. The van der Waals surface area contributed by atoms with E-state index in [2.05, 4.69) is 26.8 Å². The number of imidazole rings is 1. The predicted molar refractivity (Wildman–Crippen MR) is 73.3 cm³/mol. The Balaban J connectivity index is 2.62. The van der Waals surface area contributed by atoms with Gasteiger partial charge in [-0.1, -0.05) is 21.9 Å². The van der Waals surface area contributed by atoms with E-state index < -0.39 is 0 Å². The number of nitrogens with zero attached hydrogens (tertiary/aromatic N) is 2. The van der Waals surface area contributed by atoms with Crippen LogP contribution in [0, 0.1) is 25.1 Å². The molecule has 0 radical (unpaired) electrons. The van der Waals surface area contributed by atoms with Crippen molar-refractivity contribution in [2.75, 3.05) is 5.73 Å². The van der Waals surface area contributed by atoms with Gasteiger partial charge in [-0.2, -0.15) is 0 Å². The Bertz CT molecular complexity index is 640. The molecule has 1 heterocycles. The molecule has 0 fully saturated rings. The second-order valence-electron chi connectivity index (χ2n) is 3.81. The van der Waals surface area contributed by atoms with Crippen LogP contribution in [0.5, 0.6) is 0 Å². The van der Waals surface area contributed by atoms with E-state index in [1.165, 1.54) is 12.1 Å². The third-order valence-corrected chi connectivity index (χ3v) is 3.32. The number of aromatic nitrogens is 2. The van der Waals surface area contributed by atoms with Gasteiger partial charge in [0.05, 0.1) is 6.54 Å². The number of rotatable bonds is 2. The summed E-state index contributed by atoms with van der Waals surface area (Å²) in [6.07, 6.45) is 5.28. The van der Waals surface area contributed by atoms with Crippen molar-refractivity contribution in [1.29, 1.82) is 0 Å². The molecule has 0 spiro atoms. The van der Waals surface area contributed by atoms with Crippen LogP contribution >= 0.6 is 15.9 Å². The van der Waals surface area contributed by atoms with E-state index in [1.54, 1.807) is 10.6 Å². The van der Waals surface area contributed by atoms with Crippen LogP contribution in [0.1, 0.15) is 5.82 Å². The quantitative estimate of drug-likeness (QED) is 0.867. The van der Waals surface area contributed by atoms with Gasteiger partial charge in [0.1, 0.15) is 23.2 Å². The van der Waals surface area contributed by atoms with Gasteiger partial charge in [-0.25, -0.2) is 9.37 Å². The highest BCUT2D eigenvalue weighted by atomic mass is 79.9. The average Bonchev–Trinajstić information content (AvgIpc) is 2.61. The second kappa shape index (κ2) is 4.83. The van der Waals surface area contributed by atoms with E-state index in [1.807, 2.05) is 6.92 Å². The number of nitrogens with two attached hydrogens (primary N) is 1. The van der Waals surface area contributed by atoms with Crippen molar-refractivity contribution in [2.45, 2.75) is 13.5 Å². The molecule has 1 aromatic carbocycles. The first-order chi connectivity index (χ1) is 8.54. The summed E-state index contributed by atoms with van der Waals surface area (Å²) >= 11 is 3.36. The molecule has 0 amide bonds. The summed E-state index contributed by atoms with van der Waals surface area (Å²) in [4.78, 5) is 4.35. The van der Waals surface area contributed by atoms with E-state index >= 15 is 0 Å². The molecule has 92 valence electrons. The zero-order chi connectivity index (χ0) is 13.3. The number of terminal acetylenes is 1. The number of aryl methyl sites for hydroxylation is 1. The monoisotopic (exact) mass is 307 g/mol. The molecule has 0 aliphatic rings. The summed E-state index contributed by atoms with van der Waals surface area (Å²) in [5.74, 6) is 3.32. The molecule has 2 rings (SSSR count). The van der Waals surface area contributed by atoms with Crippen molar-refractivity contribution in [3.8, 4) is 23.6 Å². The van der Waals surface area contributed by atoms with Gasteiger partial charge in [0.25, 0.3) is 0 Å². The van der Waals surface area contributed by atoms with Crippen molar-refractivity contribution in [3.05, 3.63) is 34.3 Å². The zero-order valence-electron chi connectivity index (χ0n) is 9.74. The van der Waals surface area contributed by atoms with Crippen molar-refractivity contribution in [3.63, 3.8) is 0 Å². The van der Waals surface area contributed by atoms with Crippen LogP contribution < -0.4 is 5.73 Å². The number of anilines is 1. The van der Waals surface area contributed by atoms with Gasteiger partial charge in [-0.3, -0.25) is 0 Å². The first-order valence-corrected chi connectivity index (χ1v) is 6.05. The number of halogens is 2. The smallest absolute Gasteiger partial charge is 0.132 e. The maximum absolute atomic E-state index is 13.3. The van der Waals surface area contributed by atoms with Crippen LogP contribution in [0.25, 0.3) is 11.3 Å². The van der Waals surface area contributed by atoms with Gasteiger partial charge in [0.15, 0.2) is 0 Å². The number of nitrogen functional groups attached to an aromatic ring is 1. The Morgan fingerprint density at radius 3 is 2.94 bits per heavy atom. The van der Waals surface area contributed by atoms with Crippen molar-refractivity contribution >= 4 is 21.7 Å². The highest BCUT2D eigenvalue weighted by Crippen LogP contribution is 2.32.